The van der Waals surface area contributed by atoms with E-state index in [0.717, 1.165) is 16.2 Å². The predicted molar refractivity (Wildman–Crippen MR) is 95.2 cm³/mol. The second-order valence-electron chi connectivity index (χ2n) is 4.55. The predicted octanol–water partition coefficient (Wildman–Crippen LogP) is 5.05. The number of rotatable bonds is 6. The number of hydrogen-bond acceptors (Lipinski definition) is 4. The summed E-state index contributed by atoms with van der Waals surface area (Å²) < 4.78 is 12.8. The average Bonchev–Trinajstić information content (AvgIpc) is 2.53. The summed E-state index contributed by atoms with van der Waals surface area (Å²) in [6.45, 7) is 0.381. The lowest BCUT2D eigenvalue weighted by Crippen LogP contribution is -1.99. The van der Waals surface area contributed by atoms with Crippen LogP contribution >= 0.6 is 31.9 Å². The van der Waals surface area contributed by atoms with Crippen LogP contribution in [0.2, 0.25) is 0 Å². The molecule has 7 heteroatoms. The van der Waals surface area contributed by atoms with Crippen molar-refractivity contribution in [1.82, 2.24) is 0 Å². The van der Waals surface area contributed by atoms with Crippen molar-refractivity contribution in [3.63, 3.8) is 0 Å². The minimum Gasteiger partial charge on any atom is -0.493 e. The van der Waals surface area contributed by atoms with E-state index in [4.69, 9.17) is 9.47 Å². The first-order chi connectivity index (χ1) is 11.0. The smallest absolute Gasteiger partial charge is 0.235 e. The van der Waals surface area contributed by atoms with E-state index in [2.05, 4.69) is 31.9 Å². The maximum atomic E-state index is 10.4. The summed E-state index contributed by atoms with van der Waals surface area (Å²) in [5, 5.41) is 10.4. The number of ether oxygens (including phenoxy) is 2. The summed E-state index contributed by atoms with van der Waals surface area (Å²) >= 11 is 6.80. The lowest BCUT2D eigenvalue weighted by Gasteiger charge is -2.13. The highest BCUT2D eigenvalue weighted by Gasteiger charge is 2.11. The Morgan fingerprint density at radius 1 is 1.22 bits per heavy atom. The molecule has 0 aliphatic rings. The first-order valence-electron chi connectivity index (χ1n) is 6.56. The van der Waals surface area contributed by atoms with E-state index in [1.54, 1.807) is 12.1 Å². The number of hydrogen-bond donors (Lipinski definition) is 0. The van der Waals surface area contributed by atoms with Gasteiger partial charge in [0, 0.05) is 10.5 Å². The summed E-state index contributed by atoms with van der Waals surface area (Å²) in [7, 11) is 1.52. The third-order valence-electron chi connectivity index (χ3n) is 2.94. The second-order valence-corrected chi connectivity index (χ2v) is 6.32. The van der Waals surface area contributed by atoms with Crippen LogP contribution in [0.5, 0.6) is 11.5 Å². The third-order valence-corrected chi connectivity index (χ3v) is 4.05. The van der Waals surface area contributed by atoms with Crippen LogP contribution in [0.25, 0.3) is 6.08 Å². The van der Waals surface area contributed by atoms with Crippen LogP contribution < -0.4 is 9.47 Å². The second kappa shape index (κ2) is 8.12. The van der Waals surface area contributed by atoms with Crippen LogP contribution in [0, 0.1) is 10.1 Å². The molecule has 0 saturated heterocycles. The molecule has 2 rings (SSSR count). The van der Waals surface area contributed by atoms with Crippen molar-refractivity contribution in [2.75, 3.05) is 7.11 Å². The van der Waals surface area contributed by atoms with Crippen molar-refractivity contribution >= 4 is 37.9 Å². The molecule has 0 atom stereocenters. The van der Waals surface area contributed by atoms with Gasteiger partial charge in [-0.15, -0.1) is 0 Å². The highest BCUT2D eigenvalue weighted by molar-refractivity contribution is 9.10. The summed E-state index contributed by atoms with van der Waals surface area (Å²) in [4.78, 5) is 9.89. The highest BCUT2D eigenvalue weighted by Crippen LogP contribution is 2.37. The Bertz CT molecular complexity index is 730. The zero-order valence-electron chi connectivity index (χ0n) is 12.2. The standard InChI is InChI=1S/C16H13Br2NO4/c1-22-15-9-12(6-7-19(20)21)8-14(18)16(15)23-10-11-2-4-13(17)5-3-11/h2-9H,10H2,1H3. The van der Waals surface area contributed by atoms with Crippen molar-refractivity contribution in [3.05, 3.63) is 72.8 Å². The molecule has 0 aliphatic heterocycles. The molecule has 0 saturated carbocycles. The van der Waals surface area contributed by atoms with Crippen LogP contribution in [0.3, 0.4) is 0 Å². The number of methoxy groups -OCH3 is 1. The lowest BCUT2D eigenvalue weighted by molar-refractivity contribution is -0.400. The van der Waals surface area contributed by atoms with Crippen LogP contribution in [0.4, 0.5) is 0 Å². The molecule has 0 fully saturated rings. The first kappa shape index (κ1) is 17.5. The minimum atomic E-state index is -0.516. The number of nitrogens with zero attached hydrogens (tertiary/aromatic N) is 1. The highest BCUT2D eigenvalue weighted by atomic mass is 79.9. The van der Waals surface area contributed by atoms with E-state index in [-0.39, 0.29) is 0 Å². The molecule has 0 heterocycles. The van der Waals surface area contributed by atoms with Crippen LogP contribution in [-0.4, -0.2) is 12.0 Å². The third kappa shape index (κ3) is 5.07. The van der Waals surface area contributed by atoms with Gasteiger partial charge in [0.1, 0.15) is 6.61 Å². The molecule has 0 N–H and O–H groups in total. The quantitative estimate of drug-likeness (QED) is 0.464. The summed E-state index contributed by atoms with van der Waals surface area (Å²) in [5.74, 6) is 1.05. The molecule has 0 unspecified atom stereocenters. The lowest BCUT2D eigenvalue weighted by atomic mass is 10.2. The fourth-order valence-corrected chi connectivity index (χ4v) is 2.70. The van der Waals surface area contributed by atoms with Gasteiger partial charge in [-0.25, -0.2) is 0 Å². The Balaban J connectivity index is 2.20. The van der Waals surface area contributed by atoms with Crippen LogP contribution in [0.1, 0.15) is 11.1 Å². The molecule has 0 amide bonds. The Morgan fingerprint density at radius 2 is 1.91 bits per heavy atom. The van der Waals surface area contributed by atoms with Crippen molar-refractivity contribution < 1.29 is 14.4 Å². The van der Waals surface area contributed by atoms with E-state index < -0.39 is 4.92 Å². The van der Waals surface area contributed by atoms with Crippen molar-refractivity contribution in [2.45, 2.75) is 6.61 Å². The van der Waals surface area contributed by atoms with Gasteiger partial charge in [0.25, 0.3) is 0 Å². The Hall–Kier alpha value is -1.86. The van der Waals surface area contributed by atoms with Gasteiger partial charge in [0.15, 0.2) is 11.5 Å². The largest absolute Gasteiger partial charge is 0.493 e. The van der Waals surface area contributed by atoms with Crippen molar-refractivity contribution in [3.8, 4) is 11.5 Å². The van der Waals surface area contributed by atoms with Crippen LogP contribution in [0.15, 0.2) is 51.5 Å². The molecule has 0 spiro atoms. The molecular formula is C16H13Br2NO4. The average molecular weight is 443 g/mol. The van der Waals surface area contributed by atoms with E-state index in [1.165, 1.54) is 13.2 Å². The van der Waals surface area contributed by atoms with Crippen molar-refractivity contribution in [2.24, 2.45) is 0 Å². The fourth-order valence-electron chi connectivity index (χ4n) is 1.86. The number of nitro groups is 1. The first-order valence-corrected chi connectivity index (χ1v) is 8.14. The summed E-state index contributed by atoms with van der Waals surface area (Å²) in [6, 6.07) is 11.2. The Labute approximate surface area is 150 Å². The van der Waals surface area contributed by atoms with Gasteiger partial charge in [-0.3, -0.25) is 10.1 Å². The van der Waals surface area contributed by atoms with E-state index in [9.17, 15) is 10.1 Å². The maximum absolute atomic E-state index is 10.4. The summed E-state index contributed by atoms with van der Waals surface area (Å²) in [6.07, 6.45) is 2.27. The zero-order chi connectivity index (χ0) is 16.8. The molecular weight excluding hydrogens is 430 g/mol. The van der Waals surface area contributed by atoms with Crippen molar-refractivity contribution in [1.29, 1.82) is 0 Å². The van der Waals surface area contributed by atoms with Gasteiger partial charge in [0.2, 0.25) is 6.20 Å². The monoisotopic (exact) mass is 441 g/mol. The minimum absolute atomic E-state index is 0.381. The molecule has 120 valence electrons. The zero-order valence-corrected chi connectivity index (χ0v) is 15.3. The number of halogens is 2. The topological polar surface area (TPSA) is 61.6 Å². The van der Waals surface area contributed by atoms with E-state index >= 15 is 0 Å². The van der Waals surface area contributed by atoms with Gasteiger partial charge >= 0.3 is 0 Å². The molecule has 0 radical (unpaired) electrons. The van der Waals surface area contributed by atoms with Gasteiger partial charge in [-0.05, 0) is 51.3 Å². The fraction of sp³-hybridized carbons (Fsp3) is 0.125. The molecule has 0 aliphatic carbocycles. The molecule has 2 aromatic carbocycles. The Kier molecular flexibility index (Phi) is 6.18. The van der Waals surface area contributed by atoms with Crippen LogP contribution in [-0.2, 0) is 6.61 Å². The van der Waals surface area contributed by atoms with E-state index in [1.807, 2.05) is 24.3 Å². The van der Waals surface area contributed by atoms with Gasteiger partial charge in [0.05, 0.1) is 16.5 Å². The molecule has 0 aromatic heterocycles. The summed E-state index contributed by atoms with van der Waals surface area (Å²) in [5.41, 5.74) is 1.65. The van der Waals surface area contributed by atoms with Gasteiger partial charge in [-0.1, -0.05) is 28.1 Å². The van der Waals surface area contributed by atoms with E-state index in [0.29, 0.717) is 28.1 Å². The van der Waals surface area contributed by atoms with Gasteiger partial charge in [-0.2, -0.15) is 0 Å². The normalized spacial score (nSPS) is 10.7. The van der Waals surface area contributed by atoms with Gasteiger partial charge < -0.3 is 9.47 Å². The number of benzene rings is 2. The molecule has 5 nitrogen and oxygen atoms in total. The SMILES string of the molecule is COc1cc(C=C[N+](=O)[O-])cc(Br)c1OCc1ccc(Br)cc1. The molecule has 23 heavy (non-hydrogen) atoms. The molecule has 0 bridgehead atoms. The molecule has 2 aromatic rings. The maximum Gasteiger partial charge on any atom is 0.235 e. The Morgan fingerprint density at radius 3 is 2.52 bits per heavy atom.